The van der Waals surface area contributed by atoms with Gasteiger partial charge in [0.1, 0.15) is 18.5 Å². The Morgan fingerprint density at radius 1 is 1.24 bits per heavy atom. The third kappa shape index (κ3) is 5.53. The van der Waals surface area contributed by atoms with Gasteiger partial charge in [0.05, 0.1) is 0 Å². The third-order valence-electron chi connectivity index (χ3n) is 3.22. The van der Waals surface area contributed by atoms with Gasteiger partial charge in [0.2, 0.25) is 0 Å². The second kappa shape index (κ2) is 8.39. The highest BCUT2D eigenvalue weighted by Crippen LogP contribution is 2.16. The molecule has 0 radical (unpaired) electrons. The lowest BCUT2D eigenvalue weighted by Gasteiger charge is -2.14. The van der Waals surface area contributed by atoms with Gasteiger partial charge in [-0.05, 0) is 43.1 Å². The number of aromatic nitrogens is 1. The Kier molecular flexibility index (Phi) is 6.19. The zero-order valence-corrected chi connectivity index (χ0v) is 12.3. The Labute approximate surface area is 125 Å². The average molecular weight is 286 g/mol. The number of aliphatic hydroxyl groups is 1. The van der Waals surface area contributed by atoms with E-state index in [9.17, 15) is 5.11 Å². The molecule has 0 saturated carbocycles. The second-order valence-electron chi connectivity index (χ2n) is 5.05. The van der Waals surface area contributed by atoms with E-state index in [1.165, 1.54) is 5.56 Å². The van der Waals surface area contributed by atoms with Crippen LogP contribution >= 0.6 is 0 Å². The first-order chi connectivity index (χ1) is 10.3. The summed E-state index contributed by atoms with van der Waals surface area (Å²) in [5, 5.41) is 13.1. The van der Waals surface area contributed by atoms with Crippen LogP contribution < -0.4 is 10.1 Å². The molecular weight excluding hydrogens is 264 g/mol. The van der Waals surface area contributed by atoms with Gasteiger partial charge in [-0.1, -0.05) is 24.3 Å². The van der Waals surface area contributed by atoms with Gasteiger partial charge in [-0.15, -0.1) is 0 Å². The van der Waals surface area contributed by atoms with Crippen molar-refractivity contribution in [2.75, 3.05) is 19.7 Å². The minimum Gasteiger partial charge on any atom is -0.491 e. The molecule has 0 aliphatic rings. The highest BCUT2D eigenvalue weighted by molar-refractivity contribution is 5.31. The molecule has 0 bridgehead atoms. The van der Waals surface area contributed by atoms with Crippen molar-refractivity contribution < 1.29 is 9.84 Å². The van der Waals surface area contributed by atoms with Gasteiger partial charge >= 0.3 is 0 Å². The number of para-hydroxylation sites is 1. The molecule has 0 fully saturated rings. The second-order valence-corrected chi connectivity index (χ2v) is 5.05. The van der Waals surface area contributed by atoms with E-state index in [4.69, 9.17) is 4.74 Å². The van der Waals surface area contributed by atoms with Crippen LogP contribution in [0.3, 0.4) is 0 Å². The molecule has 0 saturated heterocycles. The van der Waals surface area contributed by atoms with Crippen molar-refractivity contribution in [2.45, 2.75) is 19.4 Å². The summed E-state index contributed by atoms with van der Waals surface area (Å²) in [6.07, 6.45) is 4.01. The smallest absolute Gasteiger partial charge is 0.122 e. The number of nitrogens with zero attached hydrogens (tertiary/aromatic N) is 1. The van der Waals surface area contributed by atoms with Crippen molar-refractivity contribution in [1.29, 1.82) is 0 Å². The Morgan fingerprint density at radius 2 is 2.10 bits per heavy atom. The van der Waals surface area contributed by atoms with E-state index in [2.05, 4.69) is 10.3 Å². The molecule has 0 aliphatic carbocycles. The van der Waals surface area contributed by atoms with Crippen LogP contribution in [0.5, 0.6) is 5.75 Å². The van der Waals surface area contributed by atoms with Crippen LogP contribution in [0.4, 0.5) is 0 Å². The minimum atomic E-state index is -0.515. The number of nitrogens with one attached hydrogen (secondary N) is 1. The number of rotatable bonds is 8. The van der Waals surface area contributed by atoms with Crippen molar-refractivity contribution in [1.82, 2.24) is 10.3 Å². The largest absolute Gasteiger partial charge is 0.491 e. The molecule has 2 aromatic rings. The predicted octanol–water partition coefficient (Wildman–Crippen LogP) is 1.96. The normalized spacial score (nSPS) is 12.1. The van der Waals surface area contributed by atoms with Crippen molar-refractivity contribution >= 4 is 0 Å². The predicted molar refractivity (Wildman–Crippen MR) is 83.5 cm³/mol. The number of aryl methyl sites for hydroxylation is 1. The van der Waals surface area contributed by atoms with Crippen molar-refractivity contribution in [2.24, 2.45) is 0 Å². The monoisotopic (exact) mass is 286 g/mol. The fourth-order valence-electron chi connectivity index (χ4n) is 2.01. The van der Waals surface area contributed by atoms with Crippen LogP contribution in [0.25, 0.3) is 0 Å². The summed E-state index contributed by atoms with van der Waals surface area (Å²) >= 11 is 0. The van der Waals surface area contributed by atoms with Gasteiger partial charge in [0, 0.05) is 18.9 Å². The molecule has 1 aromatic carbocycles. The maximum absolute atomic E-state index is 9.90. The highest BCUT2D eigenvalue weighted by atomic mass is 16.5. The summed E-state index contributed by atoms with van der Waals surface area (Å²) in [6.45, 7) is 3.62. The van der Waals surface area contributed by atoms with Gasteiger partial charge < -0.3 is 15.2 Å². The van der Waals surface area contributed by atoms with Crippen LogP contribution in [0.1, 0.15) is 11.1 Å². The molecule has 21 heavy (non-hydrogen) atoms. The standard InChI is InChI=1S/C17H22N2O2/c1-14-5-2-3-7-17(14)21-13-16(20)12-19-10-8-15-6-4-9-18-11-15/h2-7,9,11,16,19-20H,8,10,12-13H2,1H3. The highest BCUT2D eigenvalue weighted by Gasteiger charge is 2.06. The van der Waals surface area contributed by atoms with Crippen LogP contribution in [-0.2, 0) is 6.42 Å². The molecule has 4 nitrogen and oxygen atoms in total. The van der Waals surface area contributed by atoms with E-state index in [1.807, 2.05) is 49.5 Å². The number of ether oxygens (including phenoxy) is 1. The van der Waals surface area contributed by atoms with E-state index >= 15 is 0 Å². The number of aliphatic hydroxyl groups excluding tert-OH is 1. The molecule has 1 heterocycles. The first kappa shape index (κ1) is 15.5. The number of hydrogen-bond donors (Lipinski definition) is 2. The first-order valence-electron chi connectivity index (χ1n) is 7.22. The van der Waals surface area contributed by atoms with E-state index < -0.39 is 6.10 Å². The zero-order chi connectivity index (χ0) is 14.9. The van der Waals surface area contributed by atoms with Gasteiger partial charge in [-0.3, -0.25) is 4.98 Å². The fraction of sp³-hybridized carbons (Fsp3) is 0.353. The third-order valence-corrected chi connectivity index (χ3v) is 3.22. The van der Waals surface area contributed by atoms with Crippen molar-refractivity contribution in [3.05, 3.63) is 59.9 Å². The maximum Gasteiger partial charge on any atom is 0.122 e. The Hall–Kier alpha value is -1.91. The Balaban J connectivity index is 1.62. The van der Waals surface area contributed by atoms with E-state index in [1.54, 1.807) is 6.20 Å². The lowest BCUT2D eigenvalue weighted by molar-refractivity contribution is 0.106. The molecule has 0 aliphatic heterocycles. The van der Waals surface area contributed by atoms with E-state index in [0.717, 1.165) is 24.3 Å². The molecule has 1 atom stereocenters. The molecule has 4 heteroatoms. The van der Waals surface area contributed by atoms with Gasteiger partial charge in [0.15, 0.2) is 0 Å². The summed E-state index contributed by atoms with van der Waals surface area (Å²) < 4.78 is 5.61. The van der Waals surface area contributed by atoms with Crippen molar-refractivity contribution in [3.8, 4) is 5.75 Å². The van der Waals surface area contributed by atoms with Crippen LogP contribution in [0, 0.1) is 6.92 Å². The quantitative estimate of drug-likeness (QED) is 0.728. The SMILES string of the molecule is Cc1ccccc1OCC(O)CNCCc1cccnc1. The minimum absolute atomic E-state index is 0.296. The summed E-state index contributed by atoms with van der Waals surface area (Å²) in [6, 6.07) is 11.8. The Bertz CT molecular complexity index is 531. The average Bonchev–Trinajstić information content (AvgIpc) is 2.52. The molecular formula is C17H22N2O2. The molecule has 1 aromatic heterocycles. The molecule has 2 rings (SSSR count). The Morgan fingerprint density at radius 3 is 2.86 bits per heavy atom. The summed E-state index contributed by atoms with van der Waals surface area (Å²) in [5.41, 5.74) is 2.27. The topological polar surface area (TPSA) is 54.4 Å². The van der Waals surface area contributed by atoms with Crippen LogP contribution in [0.2, 0.25) is 0 Å². The van der Waals surface area contributed by atoms with Gasteiger partial charge in [-0.2, -0.15) is 0 Å². The summed E-state index contributed by atoms with van der Waals surface area (Å²) in [4.78, 5) is 4.07. The molecule has 2 N–H and O–H groups in total. The van der Waals surface area contributed by atoms with Gasteiger partial charge in [0.25, 0.3) is 0 Å². The summed E-state index contributed by atoms with van der Waals surface area (Å²) in [7, 11) is 0. The molecule has 112 valence electrons. The number of hydrogen-bond acceptors (Lipinski definition) is 4. The molecule has 0 amide bonds. The number of benzene rings is 1. The zero-order valence-electron chi connectivity index (χ0n) is 12.3. The molecule has 0 spiro atoms. The van der Waals surface area contributed by atoms with Gasteiger partial charge in [-0.25, -0.2) is 0 Å². The van der Waals surface area contributed by atoms with Crippen LogP contribution in [-0.4, -0.2) is 35.9 Å². The fourth-order valence-corrected chi connectivity index (χ4v) is 2.01. The number of pyridine rings is 1. The lowest BCUT2D eigenvalue weighted by Crippen LogP contribution is -2.32. The van der Waals surface area contributed by atoms with E-state index in [-0.39, 0.29) is 0 Å². The van der Waals surface area contributed by atoms with Crippen LogP contribution in [0.15, 0.2) is 48.8 Å². The lowest BCUT2D eigenvalue weighted by atomic mass is 10.2. The maximum atomic E-state index is 9.90. The van der Waals surface area contributed by atoms with Crippen molar-refractivity contribution in [3.63, 3.8) is 0 Å². The first-order valence-corrected chi connectivity index (χ1v) is 7.22. The summed E-state index contributed by atoms with van der Waals surface area (Å²) in [5.74, 6) is 0.826. The van der Waals surface area contributed by atoms with E-state index in [0.29, 0.717) is 13.2 Å². The molecule has 1 unspecified atom stereocenters.